The third-order valence-corrected chi connectivity index (χ3v) is 5.88. The molecular weight excluding hydrogens is 410 g/mol. The van der Waals surface area contributed by atoms with E-state index in [1.54, 1.807) is 17.7 Å². The van der Waals surface area contributed by atoms with Crippen LogP contribution in [0.15, 0.2) is 58.5 Å². The van der Waals surface area contributed by atoms with Crippen LogP contribution in [0.2, 0.25) is 0 Å². The van der Waals surface area contributed by atoms with Crippen LogP contribution in [-0.4, -0.2) is 41.5 Å². The van der Waals surface area contributed by atoms with E-state index >= 15 is 0 Å². The summed E-state index contributed by atoms with van der Waals surface area (Å²) in [6.45, 7) is 3.34. The number of thioether (sulfide) groups is 1. The highest BCUT2D eigenvalue weighted by Gasteiger charge is 2.14. The van der Waals surface area contributed by atoms with Crippen LogP contribution in [0.5, 0.6) is 0 Å². The third kappa shape index (κ3) is 6.18. The molecule has 0 bridgehead atoms. The molecule has 1 N–H and O–H groups in total. The topological polar surface area (TPSA) is 73.2 Å². The quantitative estimate of drug-likeness (QED) is 0.278. The van der Waals surface area contributed by atoms with E-state index in [1.807, 2.05) is 30.3 Å². The molecule has 3 rings (SSSR count). The van der Waals surface area contributed by atoms with Gasteiger partial charge in [-0.1, -0.05) is 49.4 Å². The lowest BCUT2D eigenvalue weighted by atomic mass is 10.1. The van der Waals surface area contributed by atoms with Gasteiger partial charge in [0.05, 0.1) is 22.3 Å². The lowest BCUT2D eigenvalue weighted by molar-refractivity contribution is -0.118. The molecule has 0 unspecified atom stereocenters. The first kappa shape index (κ1) is 23.0. The molecule has 1 amide bonds. The minimum absolute atomic E-state index is 0.0926. The van der Waals surface area contributed by atoms with Crippen molar-refractivity contribution in [3.05, 3.63) is 64.4 Å². The van der Waals surface area contributed by atoms with Crippen molar-refractivity contribution in [1.82, 2.24) is 14.9 Å². The van der Waals surface area contributed by atoms with Gasteiger partial charge in [-0.05, 0) is 49.1 Å². The molecule has 0 spiro atoms. The summed E-state index contributed by atoms with van der Waals surface area (Å²) in [5.74, 6) is 0.0942. The molecule has 164 valence electrons. The molecular formula is C24H29N3O3S. The summed E-state index contributed by atoms with van der Waals surface area (Å²) < 4.78 is 6.60. The predicted octanol–water partition coefficient (Wildman–Crippen LogP) is 3.97. The summed E-state index contributed by atoms with van der Waals surface area (Å²) in [4.78, 5) is 30.2. The molecule has 3 aromatic rings. The van der Waals surface area contributed by atoms with Gasteiger partial charge in [0.1, 0.15) is 0 Å². The second-order valence-corrected chi connectivity index (χ2v) is 8.25. The van der Waals surface area contributed by atoms with Crippen molar-refractivity contribution < 1.29 is 9.53 Å². The molecule has 0 atom stereocenters. The first-order chi connectivity index (χ1) is 15.1. The Labute approximate surface area is 187 Å². The Bertz CT molecular complexity index is 1060. The van der Waals surface area contributed by atoms with Gasteiger partial charge in [-0.25, -0.2) is 4.98 Å². The summed E-state index contributed by atoms with van der Waals surface area (Å²) in [7, 11) is 1.64. The highest BCUT2D eigenvalue weighted by atomic mass is 32.2. The number of amides is 1. The van der Waals surface area contributed by atoms with Crippen LogP contribution in [0.4, 0.5) is 0 Å². The average molecular weight is 440 g/mol. The van der Waals surface area contributed by atoms with Crippen molar-refractivity contribution in [2.24, 2.45) is 0 Å². The lowest BCUT2D eigenvalue weighted by Crippen LogP contribution is -2.28. The number of methoxy groups -OCH3 is 1. The summed E-state index contributed by atoms with van der Waals surface area (Å²) in [6.07, 6.45) is 4.06. The summed E-state index contributed by atoms with van der Waals surface area (Å²) in [5.41, 5.74) is 2.50. The molecule has 6 nitrogen and oxygen atoms in total. The fourth-order valence-corrected chi connectivity index (χ4v) is 4.10. The molecule has 7 heteroatoms. The van der Waals surface area contributed by atoms with E-state index in [2.05, 4.69) is 24.4 Å². The standard InChI is InChI=1S/C24H29N3O3S/c1-3-4-8-18-11-13-19(14-12-18)27-23(29)20-9-5-6-10-21(20)26-24(27)31-17-22(28)25-15-7-16-30-2/h5-6,9-14H,3-4,7-8,15-17H2,1-2H3,(H,25,28). The number of carbonyl (C=O) groups excluding carboxylic acids is 1. The van der Waals surface area contributed by atoms with E-state index < -0.39 is 0 Å². The molecule has 0 aliphatic carbocycles. The molecule has 0 radical (unpaired) electrons. The average Bonchev–Trinajstić information content (AvgIpc) is 2.80. The summed E-state index contributed by atoms with van der Waals surface area (Å²) in [5, 5.41) is 3.94. The van der Waals surface area contributed by atoms with Crippen LogP contribution in [0.1, 0.15) is 31.7 Å². The van der Waals surface area contributed by atoms with Crippen molar-refractivity contribution in [2.45, 2.75) is 37.8 Å². The number of para-hydroxylation sites is 1. The maximum atomic E-state index is 13.3. The van der Waals surface area contributed by atoms with Gasteiger partial charge in [-0.3, -0.25) is 14.2 Å². The summed E-state index contributed by atoms with van der Waals surface area (Å²) in [6, 6.07) is 15.3. The van der Waals surface area contributed by atoms with Crippen molar-refractivity contribution >= 4 is 28.6 Å². The molecule has 0 aliphatic heterocycles. The van der Waals surface area contributed by atoms with E-state index in [9.17, 15) is 9.59 Å². The van der Waals surface area contributed by atoms with Crippen LogP contribution in [-0.2, 0) is 16.0 Å². The van der Waals surface area contributed by atoms with E-state index in [1.165, 1.54) is 17.3 Å². The Hall–Kier alpha value is -2.64. The second kappa shape index (κ2) is 11.7. The van der Waals surface area contributed by atoms with Crippen molar-refractivity contribution in [3.63, 3.8) is 0 Å². The molecule has 0 fully saturated rings. The zero-order valence-corrected chi connectivity index (χ0v) is 18.9. The summed E-state index contributed by atoms with van der Waals surface area (Å²) >= 11 is 1.27. The SMILES string of the molecule is CCCCc1ccc(-n2c(SCC(=O)NCCCOC)nc3ccccc3c2=O)cc1. The van der Waals surface area contributed by atoms with Crippen LogP contribution in [0, 0.1) is 0 Å². The number of nitrogens with one attached hydrogen (secondary N) is 1. The van der Waals surface area contributed by atoms with Gasteiger partial charge in [-0.15, -0.1) is 0 Å². The molecule has 1 aromatic heterocycles. The smallest absolute Gasteiger partial charge is 0.266 e. The lowest BCUT2D eigenvalue weighted by Gasteiger charge is -2.14. The van der Waals surface area contributed by atoms with Crippen molar-refractivity contribution in [2.75, 3.05) is 26.0 Å². The van der Waals surface area contributed by atoms with Gasteiger partial charge < -0.3 is 10.1 Å². The van der Waals surface area contributed by atoms with Crippen LogP contribution < -0.4 is 10.9 Å². The van der Waals surface area contributed by atoms with E-state index in [-0.39, 0.29) is 17.2 Å². The highest BCUT2D eigenvalue weighted by Crippen LogP contribution is 2.22. The van der Waals surface area contributed by atoms with E-state index in [4.69, 9.17) is 9.72 Å². The molecule has 2 aromatic carbocycles. The number of aryl methyl sites for hydroxylation is 1. The number of carbonyl (C=O) groups is 1. The highest BCUT2D eigenvalue weighted by molar-refractivity contribution is 7.99. The largest absolute Gasteiger partial charge is 0.385 e. The van der Waals surface area contributed by atoms with Gasteiger partial charge >= 0.3 is 0 Å². The Kier molecular flexibility index (Phi) is 8.67. The fourth-order valence-electron chi connectivity index (χ4n) is 3.25. The number of benzene rings is 2. The molecule has 1 heterocycles. The van der Waals surface area contributed by atoms with Gasteiger partial charge in [-0.2, -0.15) is 0 Å². The zero-order chi connectivity index (χ0) is 22.1. The number of unbranched alkanes of at least 4 members (excludes halogenated alkanes) is 1. The number of fused-ring (bicyclic) bond motifs is 1. The molecule has 0 aliphatic rings. The van der Waals surface area contributed by atoms with Crippen molar-refractivity contribution in [1.29, 1.82) is 0 Å². The normalized spacial score (nSPS) is 11.0. The van der Waals surface area contributed by atoms with Crippen molar-refractivity contribution in [3.8, 4) is 5.69 Å². The first-order valence-electron chi connectivity index (χ1n) is 10.6. The maximum Gasteiger partial charge on any atom is 0.266 e. The Morgan fingerprint density at radius 3 is 2.65 bits per heavy atom. The van der Waals surface area contributed by atoms with Gasteiger partial charge in [0, 0.05) is 20.3 Å². The Balaban J connectivity index is 1.87. The number of rotatable bonds is 11. The van der Waals surface area contributed by atoms with Gasteiger partial charge in [0.15, 0.2) is 5.16 Å². The fraction of sp³-hybridized carbons (Fsp3) is 0.375. The predicted molar refractivity (Wildman–Crippen MR) is 126 cm³/mol. The van der Waals surface area contributed by atoms with E-state index in [0.29, 0.717) is 29.2 Å². The van der Waals surface area contributed by atoms with E-state index in [0.717, 1.165) is 31.4 Å². The molecule has 31 heavy (non-hydrogen) atoms. The number of ether oxygens (including phenoxy) is 1. The Morgan fingerprint density at radius 2 is 1.90 bits per heavy atom. The number of hydrogen-bond acceptors (Lipinski definition) is 5. The monoisotopic (exact) mass is 439 g/mol. The van der Waals surface area contributed by atoms with Gasteiger partial charge in [0.25, 0.3) is 5.56 Å². The van der Waals surface area contributed by atoms with Crippen LogP contribution in [0.25, 0.3) is 16.6 Å². The first-order valence-corrected chi connectivity index (χ1v) is 11.6. The zero-order valence-electron chi connectivity index (χ0n) is 18.1. The molecule has 0 saturated heterocycles. The molecule has 0 saturated carbocycles. The van der Waals surface area contributed by atoms with Crippen LogP contribution in [0.3, 0.4) is 0 Å². The maximum absolute atomic E-state index is 13.3. The van der Waals surface area contributed by atoms with Gasteiger partial charge in [0.2, 0.25) is 5.91 Å². The number of nitrogens with zero attached hydrogens (tertiary/aromatic N) is 2. The minimum atomic E-state index is -0.130. The second-order valence-electron chi connectivity index (χ2n) is 7.31. The van der Waals surface area contributed by atoms with Crippen LogP contribution >= 0.6 is 11.8 Å². The number of hydrogen-bond donors (Lipinski definition) is 1. The number of aromatic nitrogens is 2. The minimum Gasteiger partial charge on any atom is -0.385 e. The Morgan fingerprint density at radius 1 is 1.13 bits per heavy atom. The third-order valence-electron chi connectivity index (χ3n) is 4.94.